The molecule has 0 saturated carbocycles. The minimum Gasteiger partial charge on any atom is -1.00 e. The third-order valence-electron chi connectivity index (χ3n) is 4.89. The summed E-state index contributed by atoms with van der Waals surface area (Å²) in [7, 11) is 1.66. The van der Waals surface area contributed by atoms with E-state index in [1.807, 2.05) is 24.3 Å². The van der Waals surface area contributed by atoms with Crippen LogP contribution < -0.4 is 26.3 Å². The number of rotatable bonds is 5. The second kappa shape index (κ2) is 9.09. The number of nitrogens with zero attached hydrogens (tertiary/aromatic N) is 2. The van der Waals surface area contributed by atoms with Gasteiger partial charge in [0.15, 0.2) is 5.69 Å². The maximum absolute atomic E-state index is 12.6. The first-order chi connectivity index (χ1) is 13.2. The summed E-state index contributed by atoms with van der Waals surface area (Å²) in [5.74, 6) is -0.290. The van der Waals surface area contributed by atoms with Gasteiger partial charge in [-0.05, 0) is 61.4 Å². The van der Waals surface area contributed by atoms with Crippen LogP contribution >= 0.6 is 11.8 Å². The van der Waals surface area contributed by atoms with E-state index in [-0.39, 0.29) is 17.0 Å². The number of aromatic nitrogens is 2. The van der Waals surface area contributed by atoms with Gasteiger partial charge in [0, 0.05) is 16.9 Å². The lowest BCUT2D eigenvalue weighted by molar-refractivity contribution is -0.698. The van der Waals surface area contributed by atoms with Crippen molar-refractivity contribution in [2.45, 2.75) is 36.5 Å². The van der Waals surface area contributed by atoms with Crippen molar-refractivity contribution in [3.63, 3.8) is 0 Å². The van der Waals surface area contributed by atoms with Gasteiger partial charge in [0.25, 0.3) is 11.6 Å². The lowest BCUT2D eigenvalue weighted by Crippen LogP contribution is -3.00. The summed E-state index contributed by atoms with van der Waals surface area (Å²) in [6.45, 7) is 0.974. The third kappa shape index (κ3) is 4.25. The van der Waals surface area contributed by atoms with Crippen LogP contribution in [0.2, 0.25) is 0 Å². The van der Waals surface area contributed by atoms with E-state index in [0.717, 1.165) is 42.1 Å². The van der Waals surface area contributed by atoms with Gasteiger partial charge in [0.1, 0.15) is 17.6 Å². The third-order valence-corrected chi connectivity index (χ3v) is 5.61. The van der Waals surface area contributed by atoms with Gasteiger partial charge in [-0.25, -0.2) is 4.57 Å². The molecule has 3 aromatic rings. The Kier molecular flexibility index (Phi) is 6.78. The zero-order valence-electron chi connectivity index (χ0n) is 15.4. The molecule has 0 atom stereocenters. The van der Waals surface area contributed by atoms with Crippen molar-refractivity contribution in [1.82, 2.24) is 4.57 Å². The molecule has 3 nitrogen and oxygen atoms in total. The Morgan fingerprint density at radius 1 is 1.04 bits per heavy atom. The van der Waals surface area contributed by atoms with E-state index in [4.69, 9.17) is 4.74 Å². The van der Waals surface area contributed by atoms with E-state index in [2.05, 4.69) is 27.5 Å². The molecule has 0 N–H and O–H groups in total. The van der Waals surface area contributed by atoms with Gasteiger partial charge in [0.2, 0.25) is 0 Å². The smallest absolute Gasteiger partial charge is 0.288 e. The molecule has 2 aromatic carbocycles. The molecule has 0 saturated heterocycles. The van der Waals surface area contributed by atoms with Crippen molar-refractivity contribution < 1.29 is 35.1 Å². The van der Waals surface area contributed by atoms with Crippen molar-refractivity contribution in [3.8, 4) is 22.7 Å². The zero-order valence-corrected chi connectivity index (χ0v) is 17.8. The summed E-state index contributed by atoms with van der Waals surface area (Å²) in [6, 6.07) is 15.4. The lowest BCUT2D eigenvalue weighted by Gasteiger charge is -2.11. The number of imidazole rings is 1. The van der Waals surface area contributed by atoms with E-state index in [1.54, 1.807) is 19.2 Å². The van der Waals surface area contributed by atoms with Crippen LogP contribution in [0.4, 0.5) is 8.78 Å². The number of halogens is 3. The maximum atomic E-state index is 12.6. The van der Waals surface area contributed by atoms with Gasteiger partial charge in [-0.2, -0.15) is 13.3 Å². The van der Waals surface area contributed by atoms with E-state index >= 15 is 0 Å². The highest BCUT2D eigenvalue weighted by Gasteiger charge is 2.27. The first-order valence-electron chi connectivity index (χ1n) is 8.99. The van der Waals surface area contributed by atoms with Crippen LogP contribution in [0.3, 0.4) is 0 Å². The quantitative estimate of drug-likeness (QED) is 0.423. The van der Waals surface area contributed by atoms with Gasteiger partial charge >= 0.3 is 0 Å². The van der Waals surface area contributed by atoms with Crippen LogP contribution in [0.25, 0.3) is 16.9 Å². The number of hydrogen-bond acceptors (Lipinski definition) is 2. The van der Waals surface area contributed by atoms with Gasteiger partial charge in [-0.3, -0.25) is 0 Å². The molecule has 0 fully saturated rings. The van der Waals surface area contributed by atoms with E-state index in [1.165, 1.54) is 12.2 Å². The molecule has 28 heavy (non-hydrogen) atoms. The van der Waals surface area contributed by atoms with E-state index < -0.39 is 5.76 Å². The molecular weight excluding hydrogens is 446 g/mol. The predicted octanol–water partition coefficient (Wildman–Crippen LogP) is 2.10. The average molecular weight is 467 g/mol. The van der Waals surface area contributed by atoms with Crippen molar-refractivity contribution in [1.29, 1.82) is 0 Å². The molecule has 2 heterocycles. The molecule has 7 heteroatoms. The van der Waals surface area contributed by atoms with E-state index in [0.29, 0.717) is 16.7 Å². The highest BCUT2D eigenvalue weighted by molar-refractivity contribution is 7.99. The monoisotopic (exact) mass is 466 g/mol. The number of thioether (sulfide) groups is 1. The van der Waals surface area contributed by atoms with Crippen LogP contribution in [-0.4, -0.2) is 17.4 Å². The largest absolute Gasteiger partial charge is 1.00 e. The minimum atomic E-state index is -2.39. The van der Waals surface area contributed by atoms with Gasteiger partial charge in [-0.15, -0.1) is 0 Å². The minimum absolute atomic E-state index is 0. The Morgan fingerprint density at radius 3 is 2.39 bits per heavy atom. The molecule has 0 unspecified atom stereocenters. The van der Waals surface area contributed by atoms with Crippen molar-refractivity contribution in [3.05, 3.63) is 60.6 Å². The van der Waals surface area contributed by atoms with Crippen molar-refractivity contribution in [2.75, 3.05) is 7.11 Å². The number of benzene rings is 2. The zero-order chi connectivity index (χ0) is 18.8. The summed E-state index contributed by atoms with van der Waals surface area (Å²) < 4.78 is 35.0. The number of fused-ring (bicyclic) bond motifs is 1. The number of hydrogen-bond donors (Lipinski definition) is 0. The molecular formula is C21H21BrF2N2OS. The molecule has 0 amide bonds. The summed E-state index contributed by atoms with van der Waals surface area (Å²) in [4.78, 5) is 0.585. The van der Waals surface area contributed by atoms with Crippen LogP contribution in [0.1, 0.15) is 18.7 Å². The summed E-state index contributed by atoms with van der Waals surface area (Å²) in [5, 5.41) is 0. The maximum Gasteiger partial charge on any atom is 0.288 e. The number of alkyl halides is 2. The fourth-order valence-corrected chi connectivity index (χ4v) is 4.10. The van der Waals surface area contributed by atoms with Crippen LogP contribution in [0.15, 0.2) is 59.6 Å². The Morgan fingerprint density at radius 2 is 1.75 bits per heavy atom. The molecule has 0 aliphatic carbocycles. The average Bonchev–Trinajstić information content (AvgIpc) is 3.08. The first kappa shape index (κ1) is 20.9. The second-order valence-electron chi connectivity index (χ2n) is 6.51. The Labute approximate surface area is 178 Å². The first-order valence-corrected chi connectivity index (χ1v) is 9.87. The molecule has 148 valence electrons. The molecule has 0 radical (unpaired) electrons. The fourth-order valence-electron chi connectivity index (χ4n) is 3.60. The summed E-state index contributed by atoms with van der Waals surface area (Å²) in [6.07, 6.45) is 5.49. The highest BCUT2D eigenvalue weighted by Crippen LogP contribution is 2.29. The van der Waals surface area contributed by atoms with Crippen LogP contribution in [0.5, 0.6) is 5.75 Å². The highest BCUT2D eigenvalue weighted by atomic mass is 79.9. The molecule has 0 spiro atoms. The van der Waals surface area contributed by atoms with Gasteiger partial charge in [0.05, 0.1) is 13.7 Å². The van der Waals surface area contributed by atoms with Gasteiger partial charge < -0.3 is 21.7 Å². The Hall–Kier alpha value is -1.86. The van der Waals surface area contributed by atoms with Crippen molar-refractivity contribution >= 4 is 11.8 Å². The summed E-state index contributed by atoms with van der Waals surface area (Å²) >= 11 is 0.579. The molecule has 0 bridgehead atoms. The molecule has 1 aliphatic rings. The Bertz CT molecular complexity index is 927. The SMILES string of the molecule is COc1ccc(-n2cc(-c3ccc(SC(F)F)cc3)[n+]3c2CCCC3)cc1.[Br-]. The molecule has 1 aromatic heterocycles. The molecule has 4 rings (SSSR count). The standard InChI is InChI=1S/C21H21F2N2OS.BrH/c1-26-17-9-7-16(8-10-17)25-14-19(24-13-3-2-4-20(24)25)15-5-11-18(12-6-15)27-21(22)23;/h5-12,14,21H,2-4,13H2,1H3;1H/q+1;/p-1. The Balaban J connectivity index is 0.00000225. The number of methoxy groups -OCH3 is 1. The molecule has 1 aliphatic heterocycles. The second-order valence-corrected chi connectivity index (χ2v) is 7.57. The topological polar surface area (TPSA) is 18.0 Å². The van der Waals surface area contributed by atoms with Crippen LogP contribution in [0, 0.1) is 0 Å². The normalized spacial score (nSPS) is 13.1. The predicted molar refractivity (Wildman–Crippen MR) is 103 cm³/mol. The number of ether oxygens (including phenoxy) is 1. The lowest BCUT2D eigenvalue weighted by atomic mass is 10.1. The van der Waals surface area contributed by atoms with Crippen molar-refractivity contribution in [2.24, 2.45) is 0 Å². The van der Waals surface area contributed by atoms with E-state index in [9.17, 15) is 8.78 Å². The van der Waals surface area contributed by atoms with Gasteiger partial charge in [-0.1, -0.05) is 11.8 Å². The van der Waals surface area contributed by atoms with Crippen LogP contribution in [-0.2, 0) is 13.0 Å². The summed E-state index contributed by atoms with van der Waals surface area (Å²) in [5.41, 5.74) is 3.26. The fraction of sp³-hybridized carbons (Fsp3) is 0.286.